The highest BCUT2D eigenvalue weighted by Crippen LogP contribution is 2.23. The van der Waals surface area contributed by atoms with E-state index in [2.05, 4.69) is 102 Å². The Morgan fingerprint density at radius 1 is 0.679 bits per heavy atom. The molecule has 0 aromatic rings. The van der Waals surface area contributed by atoms with Crippen LogP contribution in [0.3, 0.4) is 0 Å². The van der Waals surface area contributed by atoms with Crippen molar-refractivity contribution >= 4 is 5.71 Å². The van der Waals surface area contributed by atoms with Crippen molar-refractivity contribution in [2.75, 3.05) is 6.67 Å². The van der Waals surface area contributed by atoms with Gasteiger partial charge in [-0.05, 0) is 69.2 Å². The molecule has 2 aliphatic rings. The predicted octanol–water partition coefficient (Wildman–Crippen LogP) is 2.92. The van der Waals surface area contributed by atoms with Gasteiger partial charge in [-0.1, -0.05) is 0 Å². The molecule has 2 aliphatic heterocycles. The Kier molecular flexibility index (Phi) is 7.74. The van der Waals surface area contributed by atoms with E-state index in [-0.39, 0.29) is 0 Å². The predicted molar refractivity (Wildman–Crippen MR) is 121 cm³/mol. The van der Waals surface area contributed by atoms with Crippen LogP contribution in [-0.4, -0.2) is 70.2 Å². The highest BCUT2D eigenvalue weighted by Gasteiger charge is 2.36. The van der Waals surface area contributed by atoms with E-state index in [1.165, 1.54) is 17.0 Å². The fourth-order valence-corrected chi connectivity index (χ4v) is 4.58. The maximum atomic E-state index is 3.87. The van der Waals surface area contributed by atoms with Crippen molar-refractivity contribution in [2.45, 2.75) is 124 Å². The van der Waals surface area contributed by atoms with E-state index < -0.39 is 0 Å². The summed E-state index contributed by atoms with van der Waals surface area (Å²) < 4.78 is 2.59. The maximum absolute atomic E-state index is 3.87. The van der Waals surface area contributed by atoms with Gasteiger partial charge in [0.2, 0.25) is 6.67 Å². The first-order valence-corrected chi connectivity index (χ1v) is 11.3. The van der Waals surface area contributed by atoms with Gasteiger partial charge >= 0.3 is 0 Å². The average Bonchev–Trinajstić information content (AvgIpc) is 2.64. The second-order valence-electron chi connectivity index (χ2n) is 9.59. The Hall–Kier alpha value is -0.910. The molecule has 0 radical (unpaired) electrons. The van der Waals surface area contributed by atoms with Gasteiger partial charge in [0, 0.05) is 54.4 Å². The lowest BCUT2D eigenvalue weighted by atomic mass is 9.99. The second-order valence-corrected chi connectivity index (χ2v) is 9.59. The van der Waals surface area contributed by atoms with Gasteiger partial charge in [0.1, 0.15) is 0 Å². The quantitative estimate of drug-likeness (QED) is 0.555. The van der Waals surface area contributed by atoms with Crippen LogP contribution in [0.25, 0.3) is 0 Å². The van der Waals surface area contributed by atoms with Gasteiger partial charge in [-0.15, -0.1) is 0 Å². The van der Waals surface area contributed by atoms with Gasteiger partial charge < -0.3 is 20.9 Å². The van der Waals surface area contributed by atoms with Crippen LogP contribution in [-0.2, 0) is 0 Å². The number of hydrogen-bond acceptors (Lipinski definition) is 4. The first-order chi connectivity index (χ1) is 13.0. The third kappa shape index (κ3) is 4.80. The summed E-state index contributed by atoms with van der Waals surface area (Å²) in [6.07, 6.45) is 0. The summed E-state index contributed by atoms with van der Waals surface area (Å²) in [5.41, 5.74) is 4.24. The third-order valence-electron chi connectivity index (χ3n) is 7.76. The van der Waals surface area contributed by atoms with E-state index in [4.69, 9.17) is 0 Å². The monoisotopic (exact) mass is 392 g/mol. The Morgan fingerprint density at radius 3 is 1.61 bits per heavy atom. The van der Waals surface area contributed by atoms with E-state index in [0.717, 1.165) is 6.67 Å². The van der Waals surface area contributed by atoms with Crippen LogP contribution in [0.2, 0.25) is 0 Å². The molecule has 8 unspecified atom stereocenters. The molecule has 5 heteroatoms. The van der Waals surface area contributed by atoms with Crippen molar-refractivity contribution in [3.8, 4) is 0 Å². The summed E-state index contributed by atoms with van der Waals surface area (Å²) in [5, 5.41) is 11.5. The smallest absolute Gasteiger partial charge is 0.219 e. The summed E-state index contributed by atoms with van der Waals surface area (Å²) in [6.45, 7) is 26.4. The number of hydrogen-bond donors (Lipinski definition) is 3. The normalized spacial score (nSPS) is 41.9. The third-order valence-corrected chi connectivity index (χ3v) is 7.76. The van der Waals surface area contributed by atoms with Crippen molar-refractivity contribution in [2.24, 2.45) is 0 Å². The highest BCUT2D eigenvalue weighted by molar-refractivity contribution is 5.94. The summed E-state index contributed by atoms with van der Waals surface area (Å²) >= 11 is 0. The molecular weight excluding hydrogens is 346 g/mol. The van der Waals surface area contributed by atoms with E-state index >= 15 is 0 Å². The molecular formula is C23H46N5+. The fourth-order valence-electron chi connectivity index (χ4n) is 4.58. The Balaban J connectivity index is 2.43. The Morgan fingerprint density at radius 2 is 1.11 bits per heavy atom. The molecule has 1 saturated heterocycles. The zero-order chi connectivity index (χ0) is 21.3. The number of fused-ring (bicyclic) bond motifs is 2. The number of nitrogens with one attached hydrogen (secondary N) is 3. The molecule has 2 bridgehead atoms. The molecule has 3 N–H and O–H groups in total. The molecule has 0 amide bonds. The molecule has 0 aromatic heterocycles. The lowest BCUT2D eigenvalue weighted by Gasteiger charge is -2.41. The van der Waals surface area contributed by atoms with E-state index in [0.29, 0.717) is 48.3 Å². The van der Waals surface area contributed by atoms with Crippen LogP contribution < -0.4 is 16.0 Å². The highest BCUT2D eigenvalue weighted by atomic mass is 15.3. The fraction of sp³-hybridized carbons (Fsp3) is 0.870. The summed E-state index contributed by atoms with van der Waals surface area (Å²) in [7, 11) is 0. The molecule has 0 saturated carbocycles. The van der Waals surface area contributed by atoms with Crippen LogP contribution in [0, 0.1) is 0 Å². The van der Waals surface area contributed by atoms with Gasteiger partial charge in [0.25, 0.3) is 0 Å². The topological polar surface area (TPSA) is 42.3 Å². The average molecular weight is 393 g/mol. The van der Waals surface area contributed by atoms with Crippen LogP contribution in [0.5, 0.6) is 0 Å². The van der Waals surface area contributed by atoms with Crippen molar-refractivity contribution in [3.05, 3.63) is 11.3 Å². The van der Waals surface area contributed by atoms with Gasteiger partial charge in [-0.2, -0.15) is 0 Å². The lowest BCUT2D eigenvalue weighted by molar-refractivity contribution is -0.586. The summed E-state index contributed by atoms with van der Waals surface area (Å²) in [6, 6.07) is 3.31. The van der Waals surface area contributed by atoms with E-state index in [9.17, 15) is 0 Å². The molecule has 2 heterocycles. The summed E-state index contributed by atoms with van der Waals surface area (Å²) in [4.78, 5) is 2.59. The Labute approximate surface area is 174 Å². The van der Waals surface area contributed by atoms with Crippen LogP contribution >= 0.6 is 0 Å². The lowest BCUT2D eigenvalue weighted by Crippen LogP contribution is -2.61. The minimum atomic E-state index is 0.406. The first kappa shape index (κ1) is 23.4. The van der Waals surface area contributed by atoms with Gasteiger partial charge in [-0.25, -0.2) is 4.58 Å². The summed E-state index contributed by atoms with van der Waals surface area (Å²) in [5.74, 6) is 0. The second kappa shape index (κ2) is 9.27. The molecule has 28 heavy (non-hydrogen) atoms. The number of allylic oxidation sites excluding steroid dienone is 2. The maximum Gasteiger partial charge on any atom is 0.219 e. The van der Waals surface area contributed by atoms with Crippen molar-refractivity contribution in [1.29, 1.82) is 0 Å². The molecule has 0 aromatic carbocycles. The van der Waals surface area contributed by atoms with Crippen molar-refractivity contribution in [3.63, 3.8) is 0 Å². The van der Waals surface area contributed by atoms with Gasteiger partial charge in [0.15, 0.2) is 11.8 Å². The minimum absolute atomic E-state index is 0.406. The minimum Gasteiger partial charge on any atom is -0.316 e. The molecule has 5 nitrogen and oxygen atoms in total. The molecule has 2 rings (SSSR count). The molecule has 0 aliphatic carbocycles. The van der Waals surface area contributed by atoms with Crippen LogP contribution in [0.4, 0.5) is 0 Å². The molecule has 1 fully saturated rings. The first-order valence-electron chi connectivity index (χ1n) is 11.3. The largest absolute Gasteiger partial charge is 0.316 e. The van der Waals surface area contributed by atoms with E-state index in [1.54, 1.807) is 0 Å². The molecule has 162 valence electrons. The SMILES string of the molecule is CC1=C(C)N2C[N+](=C1C)C(C)C(C)NC(C)C(C)NC(C)C(C)NC(C)C2C. The zero-order valence-electron chi connectivity index (χ0n) is 20.2. The van der Waals surface area contributed by atoms with Gasteiger partial charge in [-0.3, -0.25) is 0 Å². The molecule has 8 atom stereocenters. The van der Waals surface area contributed by atoms with Crippen molar-refractivity contribution in [1.82, 2.24) is 20.9 Å². The van der Waals surface area contributed by atoms with Gasteiger partial charge in [0.05, 0.1) is 6.04 Å². The number of rotatable bonds is 0. The van der Waals surface area contributed by atoms with Crippen LogP contribution in [0.1, 0.15) is 76.2 Å². The Bertz CT molecular complexity index is 610. The number of nitrogens with zero attached hydrogens (tertiary/aromatic N) is 2. The molecule has 0 spiro atoms. The van der Waals surface area contributed by atoms with Crippen molar-refractivity contribution < 1.29 is 4.58 Å². The van der Waals surface area contributed by atoms with E-state index in [1.807, 2.05) is 0 Å². The van der Waals surface area contributed by atoms with Crippen LogP contribution in [0.15, 0.2) is 11.3 Å². The zero-order valence-corrected chi connectivity index (χ0v) is 20.2. The standard InChI is InChI=1S/C23H46N5/c1-13-20(8)27-12-28(21(13)9)23(11)19(7)26-17(5)15(3)24-14(2)16(4)25-18(6)22(27)10/h14-19,22-26H,12H2,1-11H3/q+1.